The van der Waals surface area contributed by atoms with Crippen molar-refractivity contribution in [3.63, 3.8) is 0 Å². The van der Waals surface area contributed by atoms with Crippen LogP contribution in [0, 0.1) is 11.8 Å². The largest absolute Gasteiger partial charge is 0.0822 e. The molecule has 2 aliphatic rings. The molecule has 0 aromatic rings. The Balaban J connectivity index is 2.06. The topological polar surface area (TPSA) is 0 Å². The van der Waals surface area contributed by atoms with Crippen molar-refractivity contribution in [2.75, 3.05) is 0 Å². The van der Waals surface area contributed by atoms with Gasteiger partial charge in [0.1, 0.15) is 0 Å². The second-order valence-corrected chi connectivity index (χ2v) is 3.93. The molecule has 0 bridgehead atoms. The highest BCUT2D eigenvalue weighted by Gasteiger charge is 2.27. The lowest BCUT2D eigenvalue weighted by atomic mass is 9.81. The average Bonchev–Trinajstić information content (AvgIpc) is 2.27. The fraction of sp³-hybridized carbons (Fsp3) is 0.800. The molecule has 0 N–H and O–H groups in total. The van der Waals surface area contributed by atoms with Crippen LogP contribution in [0.3, 0.4) is 0 Å². The minimum atomic E-state index is 0.980. The van der Waals surface area contributed by atoms with Crippen molar-refractivity contribution in [1.29, 1.82) is 0 Å². The van der Waals surface area contributed by atoms with Crippen LogP contribution in [0.4, 0.5) is 0 Å². The van der Waals surface area contributed by atoms with Crippen LogP contribution >= 0.6 is 0 Å². The zero-order valence-electron chi connectivity index (χ0n) is 6.77. The van der Waals surface area contributed by atoms with Gasteiger partial charge in [0, 0.05) is 0 Å². The maximum atomic E-state index is 2.52. The number of hydrogen-bond donors (Lipinski definition) is 0. The highest BCUT2D eigenvalue weighted by atomic mass is 14.3. The van der Waals surface area contributed by atoms with E-state index in [4.69, 9.17) is 0 Å². The third-order valence-corrected chi connectivity index (χ3v) is 3.05. The lowest BCUT2D eigenvalue weighted by molar-refractivity contribution is 0.303. The van der Waals surface area contributed by atoms with E-state index in [0.717, 1.165) is 11.8 Å². The molecule has 2 rings (SSSR count). The predicted molar refractivity (Wildman–Crippen MR) is 43.8 cm³/mol. The third-order valence-electron chi connectivity index (χ3n) is 3.05. The summed E-state index contributed by atoms with van der Waals surface area (Å²) >= 11 is 0. The van der Waals surface area contributed by atoms with Gasteiger partial charge in [0.2, 0.25) is 0 Å². The van der Waals surface area contributed by atoms with Crippen molar-refractivity contribution in [3.8, 4) is 0 Å². The Kier molecular flexibility index (Phi) is 1.55. The van der Waals surface area contributed by atoms with Gasteiger partial charge in [0.15, 0.2) is 0 Å². The summed E-state index contributed by atoms with van der Waals surface area (Å²) in [7, 11) is 0. The fourth-order valence-electron chi connectivity index (χ4n) is 2.56. The summed E-state index contributed by atoms with van der Waals surface area (Å²) in [5.41, 5.74) is 1.65. The van der Waals surface area contributed by atoms with Gasteiger partial charge in [-0.15, -0.1) is 0 Å². The van der Waals surface area contributed by atoms with E-state index in [1.165, 1.54) is 32.1 Å². The summed E-state index contributed by atoms with van der Waals surface area (Å²) in [4.78, 5) is 0. The minimum Gasteiger partial charge on any atom is -0.0822 e. The van der Waals surface area contributed by atoms with Gasteiger partial charge in [-0.25, -0.2) is 0 Å². The number of fused-ring (bicyclic) bond motifs is 1. The van der Waals surface area contributed by atoms with E-state index in [2.05, 4.69) is 13.0 Å². The molecule has 0 amide bonds. The van der Waals surface area contributed by atoms with Crippen molar-refractivity contribution in [2.24, 2.45) is 11.8 Å². The first-order valence-corrected chi connectivity index (χ1v) is 4.53. The van der Waals surface area contributed by atoms with Crippen LogP contribution in [0.1, 0.15) is 39.0 Å². The van der Waals surface area contributed by atoms with E-state index in [1.807, 2.05) is 0 Å². The van der Waals surface area contributed by atoms with Crippen LogP contribution in [0.5, 0.6) is 0 Å². The summed E-state index contributed by atoms with van der Waals surface area (Å²) < 4.78 is 0. The standard InChI is InChI=1S/C10H16/c1-8-6-9-4-2-3-5-10(9)7-8/h6,9-10H,2-5,7H2,1H3/t9-,10-/m0/s1. The first kappa shape index (κ1) is 6.45. The molecule has 2 atom stereocenters. The maximum Gasteiger partial charge on any atom is -0.0200 e. The molecule has 0 heteroatoms. The summed E-state index contributed by atoms with van der Waals surface area (Å²) in [6.45, 7) is 2.29. The number of hydrogen-bond acceptors (Lipinski definition) is 0. The van der Waals surface area contributed by atoms with Crippen molar-refractivity contribution in [3.05, 3.63) is 11.6 Å². The van der Waals surface area contributed by atoms with Crippen LogP contribution in [0.2, 0.25) is 0 Å². The van der Waals surface area contributed by atoms with Gasteiger partial charge < -0.3 is 0 Å². The third kappa shape index (κ3) is 1.00. The molecule has 1 saturated carbocycles. The van der Waals surface area contributed by atoms with Crippen LogP contribution in [-0.2, 0) is 0 Å². The van der Waals surface area contributed by atoms with Gasteiger partial charge in [-0.2, -0.15) is 0 Å². The Bertz CT molecular complexity index is 155. The van der Waals surface area contributed by atoms with Crippen molar-refractivity contribution >= 4 is 0 Å². The number of rotatable bonds is 0. The summed E-state index contributed by atoms with van der Waals surface area (Å²) in [6, 6.07) is 0. The summed E-state index contributed by atoms with van der Waals surface area (Å²) in [5.74, 6) is 2.03. The first-order valence-electron chi connectivity index (χ1n) is 4.53. The molecule has 0 nitrogen and oxygen atoms in total. The SMILES string of the molecule is CC1=C[C@@H]2CCCC[C@H]2C1. The smallest absolute Gasteiger partial charge is 0.0200 e. The molecule has 0 spiro atoms. The Morgan fingerprint density at radius 1 is 1.30 bits per heavy atom. The molecule has 0 radical (unpaired) electrons. The highest BCUT2D eigenvalue weighted by molar-refractivity contribution is 5.12. The maximum absolute atomic E-state index is 2.52. The Morgan fingerprint density at radius 2 is 2.10 bits per heavy atom. The second kappa shape index (κ2) is 2.41. The Labute approximate surface area is 63.3 Å². The van der Waals surface area contributed by atoms with Gasteiger partial charge in [-0.05, 0) is 38.0 Å². The van der Waals surface area contributed by atoms with E-state index >= 15 is 0 Å². The van der Waals surface area contributed by atoms with Crippen molar-refractivity contribution < 1.29 is 0 Å². The van der Waals surface area contributed by atoms with Gasteiger partial charge in [-0.1, -0.05) is 24.5 Å². The first-order chi connectivity index (χ1) is 4.86. The minimum absolute atomic E-state index is 0.980. The van der Waals surface area contributed by atoms with Crippen LogP contribution in [-0.4, -0.2) is 0 Å². The fourth-order valence-corrected chi connectivity index (χ4v) is 2.56. The molecular weight excluding hydrogens is 120 g/mol. The lowest BCUT2D eigenvalue weighted by Crippen LogP contribution is -2.12. The van der Waals surface area contributed by atoms with Crippen LogP contribution < -0.4 is 0 Å². The normalized spacial score (nSPS) is 39.1. The quantitative estimate of drug-likeness (QED) is 0.449. The number of allylic oxidation sites excluding steroid dienone is 2. The van der Waals surface area contributed by atoms with E-state index in [1.54, 1.807) is 5.57 Å². The van der Waals surface area contributed by atoms with Crippen LogP contribution in [0.25, 0.3) is 0 Å². The molecule has 0 aromatic heterocycles. The molecule has 0 heterocycles. The van der Waals surface area contributed by atoms with Gasteiger partial charge in [0.05, 0.1) is 0 Å². The van der Waals surface area contributed by atoms with E-state index < -0.39 is 0 Å². The van der Waals surface area contributed by atoms with Gasteiger partial charge in [-0.3, -0.25) is 0 Å². The molecule has 0 aliphatic heterocycles. The molecule has 56 valence electrons. The zero-order valence-corrected chi connectivity index (χ0v) is 6.77. The summed E-state index contributed by atoms with van der Waals surface area (Å²) in [6.07, 6.45) is 9.86. The second-order valence-electron chi connectivity index (χ2n) is 3.93. The van der Waals surface area contributed by atoms with Crippen molar-refractivity contribution in [1.82, 2.24) is 0 Å². The lowest BCUT2D eigenvalue weighted by Gasteiger charge is -2.24. The Hall–Kier alpha value is -0.260. The Morgan fingerprint density at radius 3 is 2.90 bits per heavy atom. The molecule has 1 fully saturated rings. The monoisotopic (exact) mass is 136 g/mol. The van der Waals surface area contributed by atoms with E-state index in [-0.39, 0.29) is 0 Å². The predicted octanol–water partition coefficient (Wildman–Crippen LogP) is 3.14. The molecular formula is C10H16. The van der Waals surface area contributed by atoms with Gasteiger partial charge in [0.25, 0.3) is 0 Å². The molecule has 10 heavy (non-hydrogen) atoms. The highest BCUT2D eigenvalue weighted by Crippen LogP contribution is 2.40. The van der Waals surface area contributed by atoms with E-state index in [9.17, 15) is 0 Å². The van der Waals surface area contributed by atoms with E-state index in [0.29, 0.717) is 0 Å². The van der Waals surface area contributed by atoms with Crippen molar-refractivity contribution in [2.45, 2.75) is 39.0 Å². The zero-order chi connectivity index (χ0) is 6.97. The molecule has 0 unspecified atom stereocenters. The summed E-state index contributed by atoms with van der Waals surface area (Å²) in [5, 5.41) is 0. The van der Waals surface area contributed by atoms with Gasteiger partial charge >= 0.3 is 0 Å². The molecule has 0 saturated heterocycles. The average molecular weight is 136 g/mol. The van der Waals surface area contributed by atoms with Crippen LogP contribution in [0.15, 0.2) is 11.6 Å². The molecule has 0 aromatic carbocycles. The molecule has 2 aliphatic carbocycles.